The van der Waals surface area contributed by atoms with Gasteiger partial charge in [0.25, 0.3) is 0 Å². The molecule has 1 aromatic rings. The molecule has 4 N–H and O–H groups in total. The lowest BCUT2D eigenvalue weighted by Crippen LogP contribution is -2.37. The number of aliphatic carboxylic acids is 1. The standard InChI is InChI=1S/C10H16N4O3/c1-7(2-9(15)16)3-11-10(17)12-4-8-5-13-14-6-8/h5-7H,2-4H2,1H3,(H,13,14)(H,15,16)(H2,11,12,17). The number of hydrogen-bond acceptors (Lipinski definition) is 3. The van der Waals surface area contributed by atoms with Crippen molar-refractivity contribution in [2.75, 3.05) is 6.54 Å². The van der Waals surface area contributed by atoms with E-state index in [1.54, 1.807) is 19.3 Å². The van der Waals surface area contributed by atoms with Crippen LogP contribution in [0.2, 0.25) is 0 Å². The van der Waals surface area contributed by atoms with Crippen molar-refractivity contribution in [3.8, 4) is 0 Å². The third-order valence-electron chi connectivity index (χ3n) is 2.14. The Balaban J connectivity index is 2.15. The van der Waals surface area contributed by atoms with Gasteiger partial charge < -0.3 is 15.7 Å². The third-order valence-corrected chi connectivity index (χ3v) is 2.14. The second kappa shape index (κ2) is 6.51. The van der Waals surface area contributed by atoms with Gasteiger partial charge in [0.1, 0.15) is 0 Å². The number of amides is 2. The van der Waals surface area contributed by atoms with Crippen LogP contribution in [-0.2, 0) is 11.3 Å². The van der Waals surface area contributed by atoms with Crippen molar-refractivity contribution >= 4 is 12.0 Å². The number of carbonyl (C=O) groups is 2. The van der Waals surface area contributed by atoms with Crippen molar-refractivity contribution in [1.82, 2.24) is 20.8 Å². The van der Waals surface area contributed by atoms with Crippen LogP contribution in [0.1, 0.15) is 18.9 Å². The predicted molar refractivity (Wildman–Crippen MR) is 60.2 cm³/mol. The van der Waals surface area contributed by atoms with E-state index in [4.69, 9.17) is 5.11 Å². The van der Waals surface area contributed by atoms with Gasteiger partial charge >= 0.3 is 12.0 Å². The smallest absolute Gasteiger partial charge is 0.315 e. The average molecular weight is 240 g/mol. The molecule has 1 rings (SSSR count). The van der Waals surface area contributed by atoms with Crippen LogP contribution < -0.4 is 10.6 Å². The van der Waals surface area contributed by atoms with Gasteiger partial charge in [-0.3, -0.25) is 9.89 Å². The van der Waals surface area contributed by atoms with E-state index in [0.717, 1.165) is 5.56 Å². The van der Waals surface area contributed by atoms with Crippen LogP contribution in [0.25, 0.3) is 0 Å². The van der Waals surface area contributed by atoms with Gasteiger partial charge in [0.15, 0.2) is 0 Å². The van der Waals surface area contributed by atoms with Crippen LogP contribution in [-0.4, -0.2) is 33.8 Å². The molecule has 0 aliphatic rings. The largest absolute Gasteiger partial charge is 0.481 e. The molecule has 1 unspecified atom stereocenters. The Morgan fingerprint density at radius 1 is 1.53 bits per heavy atom. The SMILES string of the molecule is CC(CNC(=O)NCc1cn[nH]c1)CC(=O)O. The zero-order valence-electron chi connectivity index (χ0n) is 9.56. The molecule has 0 aliphatic heterocycles. The molecule has 0 bridgehead atoms. The minimum atomic E-state index is -0.863. The summed E-state index contributed by atoms with van der Waals surface area (Å²) in [5.74, 6) is -0.953. The first kappa shape index (κ1) is 13.0. The summed E-state index contributed by atoms with van der Waals surface area (Å²) in [5, 5.41) is 20.2. The van der Waals surface area contributed by atoms with Gasteiger partial charge in [0, 0.05) is 31.3 Å². The third kappa shape index (κ3) is 5.55. The summed E-state index contributed by atoms with van der Waals surface area (Å²) < 4.78 is 0. The van der Waals surface area contributed by atoms with E-state index in [1.165, 1.54) is 0 Å². The zero-order valence-corrected chi connectivity index (χ0v) is 9.56. The molecule has 0 aromatic carbocycles. The molecule has 0 fully saturated rings. The van der Waals surface area contributed by atoms with E-state index < -0.39 is 5.97 Å². The molecule has 7 heteroatoms. The van der Waals surface area contributed by atoms with Crippen LogP contribution in [0.15, 0.2) is 12.4 Å². The second-order valence-corrected chi connectivity index (χ2v) is 3.87. The first-order valence-electron chi connectivity index (χ1n) is 5.29. The highest BCUT2D eigenvalue weighted by Crippen LogP contribution is 1.99. The van der Waals surface area contributed by atoms with Gasteiger partial charge in [-0.1, -0.05) is 6.92 Å². The molecule has 0 saturated carbocycles. The summed E-state index contributed by atoms with van der Waals surface area (Å²) in [5.41, 5.74) is 0.874. The lowest BCUT2D eigenvalue weighted by molar-refractivity contribution is -0.137. The summed E-state index contributed by atoms with van der Waals surface area (Å²) in [6.07, 6.45) is 3.35. The van der Waals surface area contributed by atoms with Gasteiger partial charge in [-0.15, -0.1) is 0 Å². The van der Waals surface area contributed by atoms with Crippen molar-refractivity contribution < 1.29 is 14.7 Å². The van der Waals surface area contributed by atoms with Crippen molar-refractivity contribution in [1.29, 1.82) is 0 Å². The molecule has 17 heavy (non-hydrogen) atoms. The molecule has 1 aromatic heterocycles. The van der Waals surface area contributed by atoms with Crippen molar-refractivity contribution in [2.24, 2.45) is 5.92 Å². The quantitative estimate of drug-likeness (QED) is 0.574. The first-order chi connectivity index (χ1) is 8.08. The van der Waals surface area contributed by atoms with Crippen LogP contribution in [0.5, 0.6) is 0 Å². The molecule has 7 nitrogen and oxygen atoms in total. The zero-order chi connectivity index (χ0) is 12.7. The van der Waals surface area contributed by atoms with E-state index in [0.29, 0.717) is 13.1 Å². The molecule has 1 atom stereocenters. The fourth-order valence-electron chi connectivity index (χ4n) is 1.26. The Kier molecular flexibility index (Phi) is 4.99. The minimum Gasteiger partial charge on any atom is -0.481 e. The van der Waals surface area contributed by atoms with E-state index in [1.807, 2.05) is 0 Å². The number of nitrogens with one attached hydrogen (secondary N) is 3. The van der Waals surface area contributed by atoms with Crippen LogP contribution in [0.3, 0.4) is 0 Å². The van der Waals surface area contributed by atoms with Gasteiger partial charge in [0.05, 0.1) is 6.20 Å². The first-order valence-corrected chi connectivity index (χ1v) is 5.29. The van der Waals surface area contributed by atoms with E-state index in [2.05, 4.69) is 20.8 Å². The number of carboxylic acids is 1. The molecule has 94 valence electrons. The summed E-state index contributed by atoms with van der Waals surface area (Å²) in [6.45, 7) is 2.49. The number of aromatic amines is 1. The average Bonchev–Trinajstić information content (AvgIpc) is 2.75. The molecule has 0 radical (unpaired) electrons. The highest BCUT2D eigenvalue weighted by Gasteiger charge is 2.09. The number of carboxylic acid groups (broad SMARTS) is 1. The molecule has 0 saturated heterocycles. The van der Waals surface area contributed by atoms with Gasteiger partial charge in [-0.25, -0.2) is 4.79 Å². The Labute approximate surface area is 98.6 Å². The molecule has 0 aliphatic carbocycles. The highest BCUT2D eigenvalue weighted by molar-refractivity contribution is 5.74. The molecular formula is C10H16N4O3. The summed E-state index contributed by atoms with van der Waals surface area (Å²) in [4.78, 5) is 21.7. The number of nitrogens with zero attached hydrogens (tertiary/aromatic N) is 1. The monoisotopic (exact) mass is 240 g/mol. The fraction of sp³-hybridized carbons (Fsp3) is 0.500. The highest BCUT2D eigenvalue weighted by atomic mass is 16.4. The fourth-order valence-corrected chi connectivity index (χ4v) is 1.26. The topological polar surface area (TPSA) is 107 Å². The minimum absolute atomic E-state index is 0.0437. The van der Waals surface area contributed by atoms with Gasteiger partial charge in [-0.05, 0) is 5.92 Å². The molecule has 2 amide bonds. The number of H-pyrrole nitrogens is 1. The Hall–Kier alpha value is -2.05. The number of carbonyl (C=O) groups excluding carboxylic acids is 1. The number of hydrogen-bond donors (Lipinski definition) is 4. The second-order valence-electron chi connectivity index (χ2n) is 3.87. The lowest BCUT2D eigenvalue weighted by atomic mass is 10.1. The van der Waals surface area contributed by atoms with E-state index >= 15 is 0 Å². The van der Waals surface area contributed by atoms with E-state index in [9.17, 15) is 9.59 Å². The lowest BCUT2D eigenvalue weighted by Gasteiger charge is -2.10. The van der Waals surface area contributed by atoms with Gasteiger partial charge in [-0.2, -0.15) is 5.10 Å². The predicted octanol–water partition coefficient (Wildman–Crippen LogP) is 0.320. The van der Waals surface area contributed by atoms with Crippen molar-refractivity contribution in [3.05, 3.63) is 18.0 Å². The Morgan fingerprint density at radius 3 is 2.88 bits per heavy atom. The number of rotatable bonds is 6. The van der Waals surface area contributed by atoms with Crippen molar-refractivity contribution in [3.63, 3.8) is 0 Å². The normalized spacial score (nSPS) is 11.8. The Morgan fingerprint density at radius 2 is 2.29 bits per heavy atom. The van der Waals surface area contributed by atoms with Gasteiger partial charge in [0.2, 0.25) is 0 Å². The van der Waals surface area contributed by atoms with Crippen molar-refractivity contribution in [2.45, 2.75) is 19.9 Å². The molecular weight excluding hydrogens is 224 g/mol. The van der Waals surface area contributed by atoms with Crippen LogP contribution in [0, 0.1) is 5.92 Å². The van der Waals surface area contributed by atoms with E-state index in [-0.39, 0.29) is 18.4 Å². The maximum absolute atomic E-state index is 11.3. The summed E-state index contributed by atoms with van der Waals surface area (Å²) >= 11 is 0. The number of urea groups is 1. The molecule has 1 heterocycles. The Bertz CT molecular complexity index is 364. The maximum atomic E-state index is 11.3. The van der Waals surface area contributed by atoms with Crippen LogP contribution in [0.4, 0.5) is 4.79 Å². The molecule has 0 spiro atoms. The summed E-state index contributed by atoms with van der Waals surface area (Å²) in [7, 11) is 0. The van der Waals surface area contributed by atoms with Crippen LogP contribution >= 0.6 is 0 Å². The summed E-state index contributed by atoms with van der Waals surface area (Å²) in [6, 6.07) is -0.316. The number of aromatic nitrogens is 2. The maximum Gasteiger partial charge on any atom is 0.315 e.